The molecule has 110 valence electrons. The van der Waals surface area contributed by atoms with Crippen molar-refractivity contribution in [2.24, 2.45) is 5.73 Å². The molecule has 0 aromatic heterocycles. The van der Waals surface area contributed by atoms with E-state index in [9.17, 15) is 4.79 Å². The molecule has 0 saturated carbocycles. The van der Waals surface area contributed by atoms with E-state index in [0.29, 0.717) is 19.5 Å². The van der Waals surface area contributed by atoms with E-state index in [1.807, 2.05) is 48.5 Å². The van der Waals surface area contributed by atoms with E-state index in [1.165, 1.54) is 0 Å². The van der Waals surface area contributed by atoms with Crippen molar-refractivity contribution in [3.8, 4) is 0 Å². The topological polar surface area (TPSA) is 75.3 Å². The predicted octanol–water partition coefficient (Wildman–Crippen LogP) is 2.77. The van der Waals surface area contributed by atoms with Crippen molar-refractivity contribution in [3.63, 3.8) is 0 Å². The van der Waals surface area contributed by atoms with Crippen molar-refractivity contribution in [3.05, 3.63) is 65.2 Å². The van der Waals surface area contributed by atoms with Crippen LogP contribution in [0.1, 0.15) is 23.1 Å². The number of hydrogen-bond acceptors (Lipinski definition) is 3. The lowest BCUT2D eigenvalue weighted by atomic mass is 10.1. The van der Waals surface area contributed by atoms with Gasteiger partial charge in [0.1, 0.15) is 0 Å². The van der Waals surface area contributed by atoms with Gasteiger partial charge in [0.25, 0.3) is 0 Å². The van der Waals surface area contributed by atoms with Crippen molar-refractivity contribution < 1.29 is 9.90 Å². The van der Waals surface area contributed by atoms with E-state index in [0.717, 1.165) is 22.4 Å². The van der Waals surface area contributed by atoms with Crippen LogP contribution in [0.3, 0.4) is 0 Å². The second-order valence-electron chi connectivity index (χ2n) is 4.97. The zero-order valence-electron chi connectivity index (χ0n) is 11.9. The molecule has 0 aliphatic heterocycles. The summed E-state index contributed by atoms with van der Waals surface area (Å²) in [5, 5.41) is 12.1. The van der Waals surface area contributed by atoms with Gasteiger partial charge in [-0.15, -0.1) is 0 Å². The van der Waals surface area contributed by atoms with Gasteiger partial charge in [-0.25, -0.2) is 0 Å². The average molecular weight is 284 g/mol. The molecular weight excluding hydrogens is 264 g/mol. The average Bonchev–Trinajstić information content (AvgIpc) is 2.52. The van der Waals surface area contributed by atoms with Crippen LogP contribution in [0.15, 0.2) is 48.5 Å². The highest BCUT2D eigenvalue weighted by molar-refractivity contribution is 5.67. The van der Waals surface area contributed by atoms with Crippen molar-refractivity contribution in [2.45, 2.75) is 25.9 Å². The fourth-order valence-corrected chi connectivity index (χ4v) is 2.11. The van der Waals surface area contributed by atoms with Crippen molar-refractivity contribution in [1.82, 2.24) is 0 Å². The molecule has 0 unspecified atom stereocenters. The summed E-state index contributed by atoms with van der Waals surface area (Å²) < 4.78 is 0. The van der Waals surface area contributed by atoms with Gasteiger partial charge >= 0.3 is 5.97 Å². The molecule has 2 aromatic rings. The lowest BCUT2D eigenvalue weighted by Crippen LogP contribution is -2.02. The zero-order chi connectivity index (χ0) is 15.1. The molecule has 0 aliphatic rings. The summed E-state index contributed by atoms with van der Waals surface area (Å²) in [7, 11) is 0. The smallest absolute Gasteiger partial charge is 0.303 e. The minimum absolute atomic E-state index is 0.164. The van der Waals surface area contributed by atoms with Crippen molar-refractivity contribution in [1.29, 1.82) is 0 Å². The van der Waals surface area contributed by atoms with Gasteiger partial charge in [-0.1, -0.05) is 36.4 Å². The van der Waals surface area contributed by atoms with Crippen LogP contribution < -0.4 is 11.1 Å². The Balaban J connectivity index is 1.92. The van der Waals surface area contributed by atoms with Crippen LogP contribution in [-0.2, 0) is 24.3 Å². The summed E-state index contributed by atoms with van der Waals surface area (Å²) >= 11 is 0. The lowest BCUT2D eigenvalue weighted by molar-refractivity contribution is -0.136. The number of nitrogens with two attached hydrogens (primary N) is 1. The summed E-state index contributed by atoms with van der Waals surface area (Å²) in [6.45, 7) is 1.26. The third kappa shape index (κ3) is 4.93. The summed E-state index contributed by atoms with van der Waals surface area (Å²) in [5.41, 5.74) is 9.91. The van der Waals surface area contributed by atoms with Gasteiger partial charge < -0.3 is 16.2 Å². The number of carbonyl (C=O) groups is 1. The van der Waals surface area contributed by atoms with Crippen LogP contribution >= 0.6 is 0 Å². The second-order valence-corrected chi connectivity index (χ2v) is 4.97. The summed E-state index contributed by atoms with van der Waals surface area (Å²) in [6, 6.07) is 16.0. The number of rotatable bonds is 7. The highest BCUT2D eigenvalue weighted by Gasteiger charge is 2.01. The molecule has 0 bridgehead atoms. The monoisotopic (exact) mass is 284 g/mol. The molecule has 0 heterocycles. The van der Waals surface area contributed by atoms with Crippen LogP contribution in [0.4, 0.5) is 5.69 Å². The normalized spacial score (nSPS) is 10.3. The molecule has 0 radical (unpaired) electrons. The number of benzene rings is 2. The number of aryl methyl sites for hydroxylation is 1. The lowest BCUT2D eigenvalue weighted by Gasteiger charge is -2.08. The molecular formula is C17H20N2O2. The van der Waals surface area contributed by atoms with E-state index >= 15 is 0 Å². The molecule has 0 atom stereocenters. The maximum Gasteiger partial charge on any atom is 0.303 e. The quantitative estimate of drug-likeness (QED) is 0.731. The Bertz CT molecular complexity index is 594. The van der Waals surface area contributed by atoms with Crippen LogP contribution in [0.25, 0.3) is 0 Å². The highest BCUT2D eigenvalue weighted by Crippen LogP contribution is 2.13. The number of hydrogen-bond donors (Lipinski definition) is 3. The second kappa shape index (κ2) is 7.45. The predicted molar refractivity (Wildman–Crippen MR) is 84.1 cm³/mol. The number of carboxylic acids is 1. The summed E-state index contributed by atoms with van der Waals surface area (Å²) in [6.07, 6.45) is 0.728. The van der Waals surface area contributed by atoms with Crippen molar-refractivity contribution in [2.75, 3.05) is 5.32 Å². The third-order valence-corrected chi connectivity index (χ3v) is 3.31. The Morgan fingerprint density at radius 1 is 1.05 bits per heavy atom. The first-order chi connectivity index (χ1) is 10.2. The minimum Gasteiger partial charge on any atom is -0.481 e. The van der Waals surface area contributed by atoms with Crippen molar-refractivity contribution >= 4 is 11.7 Å². The van der Waals surface area contributed by atoms with Crippen LogP contribution in [0.2, 0.25) is 0 Å². The Morgan fingerprint density at radius 2 is 1.76 bits per heavy atom. The van der Waals surface area contributed by atoms with E-state index in [1.54, 1.807) is 0 Å². The first kappa shape index (κ1) is 15.1. The molecule has 2 aromatic carbocycles. The molecule has 0 aliphatic carbocycles. The Morgan fingerprint density at radius 3 is 2.43 bits per heavy atom. The van der Waals surface area contributed by atoms with Gasteiger partial charge in [0.05, 0.1) is 0 Å². The SMILES string of the molecule is NCc1ccc(NCc2cccc(CCC(=O)O)c2)cc1. The van der Waals surface area contributed by atoms with Crippen LogP contribution in [0, 0.1) is 0 Å². The van der Waals surface area contributed by atoms with Crippen LogP contribution in [0.5, 0.6) is 0 Å². The standard InChI is InChI=1S/C17H20N2O2/c18-11-14-4-7-16(8-5-14)19-12-15-3-1-2-13(10-15)6-9-17(20)21/h1-5,7-8,10,19H,6,9,11-12,18H2,(H,20,21). The molecule has 0 saturated heterocycles. The van der Waals surface area contributed by atoms with E-state index < -0.39 is 5.97 Å². The van der Waals surface area contributed by atoms with Gasteiger partial charge in [-0.2, -0.15) is 0 Å². The molecule has 4 N–H and O–H groups in total. The highest BCUT2D eigenvalue weighted by atomic mass is 16.4. The Kier molecular flexibility index (Phi) is 5.35. The van der Waals surface area contributed by atoms with E-state index in [-0.39, 0.29) is 6.42 Å². The minimum atomic E-state index is -0.765. The van der Waals surface area contributed by atoms with Gasteiger partial charge in [0.2, 0.25) is 0 Å². The number of aliphatic carboxylic acids is 1. The van der Waals surface area contributed by atoms with Crippen LogP contribution in [-0.4, -0.2) is 11.1 Å². The fraction of sp³-hybridized carbons (Fsp3) is 0.235. The zero-order valence-corrected chi connectivity index (χ0v) is 11.9. The molecule has 4 nitrogen and oxygen atoms in total. The molecule has 0 fully saturated rings. The summed E-state index contributed by atoms with van der Waals surface area (Å²) in [5.74, 6) is -0.765. The maximum absolute atomic E-state index is 10.6. The van der Waals surface area contributed by atoms with Gasteiger partial charge in [-0.3, -0.25) is 4.79 Å². The number of nitrogens with one attached hydrogen (secondary N) is 1. The number of anilines is 1. The first-order valence-electron chi connectivity index (χ1n) is 7.00. The molecule has 4 heteroatoms. The van der Waals surface area contributed by atoms with Gasteiger partial charge in [0, 0.05) is 25.2 Å². The van der Waals surface area contributed by atoms with E-state index in [2.05, 4.69) is 5.32 Å². The third-order valence-electron chi connectivity index (χ3n) is 3.31. The molecule has 0 spiro atoms. The largest absolute Gasteiger partial charge is 0.481 e. The molecule has 0 amide bonds. The van der Waals surface area contributed by atoms with Gasteiger partial charge in [-0.05, 0) is 35.2 Å². The fourth-order valence-electron chi connectivity index (χ4n) is 2.11. The Labute approximate surface area is 124 Å². The summed E-state index contributed by atoms with van der Waals surface area (Å²) in [4.78, 5) is 10.6. The maximum atomic E-state index is 10.6. The Hall–Kier alpha value is -2.33. The van der Waals surface area contributed by atoms with Gasteiger partial charge in [0.15, 0.2) is 0 Å². The molecule has 21 heavy (non-hydrogen) atoms. The first-order valence-corrected chi connectivity index (χ1v) is 7.00. The molecule has 2 rings (SSSR count). The number of carboxylic acid groups (broad SMARTS) is 1. The van der Waals surface area contributed by atoms with E-state index in [4.69, 9.17) is 10.8 Å².